The molecule has 0 amide bonds. The van der Waals surface area contributed by atoms with Crippen molar-refractivity contribution in [2.45, 2.75) is 239 Å². The molecule has 0 aliphatic heterocycles. The zero-order chi connectivity index (χ0) is 37.0. The van der Waals surface area contributed by atoms with E-state index in [0.717, 1.165) is 0 Å². The van der Waals surface area contributed by atoms with E-state index < -0.39 is 24.6 Å². The zero-order valence-electron chi connectivity index (χ0n) is 35.3. The van der Waals surface area contributed by atoms with Crippen molar-refractivity contribution < 1.29 is 11.7 Å². The van der Waals surface area contributed by atoms with Crippen molar-refractivity contribution in [2.75, 3.05) is 0 Å². The summed E-state index contributed by atoms with van der Waals surface area (Å²) in [4.78, 5) is 0. The van der Waals surface area contributed by atoms with Crippen LogP contribution in [-0.2, 0) is 11.7 Å². The molecule has 10 heteroatoms. The Bertz CT molecular complexity index is 649. The van der Waals surface area contributed by atoms with Gasteiger partial charge in [-0.05, 0) is 0 Å². The first-order valence-electron chi connectivity index (χ1n) is 18.7. The van der Waals surface area contributed by atoms with Crippen LogP contribution in [0.3, 0.4) is 0 Å². The molecule has 0 atom stereocenters. The Kier molecular flexibility index (Phi) is 19.9. The summed E-state index contributed by atoms with van der Waals surface area (Å²) >= 11 is -0.814. The van der Waals surface area contributed by atoms with Gasteiger partial charge in [-0.25, -0.2) is 0 Å². The molecule has 0 rings (SSSR count). The number of nitrogens with zero attached hydrogens (tertiary/aromatic N) is 6. The molecular formula is C36H86ClN6NiP2. The summed E-state index contributed by atoms with van der Waals surface area (Å²) in [5.74, 6) is 0. The number of hydrogen-bond acceptors (Lipinski definition) is 6. The Morgan fingerprint density at radius 1 is 0.261 bits per heavy atom. The van der Waals surface area contributed by atoms with Gasteiger partial charge in [0.2, 0.25) is 0 Å². The third-order valence-electron chi connectivity index (χ3n) is 8.92. The maximum atomic E-state index is 9.14. The Balaban J connectivity index is 9.68. The zero-order valence-corrected chi connectivity index (χ0v) is 39.0. The summed E-state index contributed by atoms with van der Waals surface area (Å²) in [6, 6.07) is 4.01. The average Bonchev–Trinajstić information content (AvgIpc) is 2.80. The molecule has 287 valence electrons. The van der Waals surface area contributed by atoms with Gasteiger partial charge < -0.3 is 0 Å². The predicted molar refractivity (Wildman–Crippen MR) is 215 cm³/mol. The molecule has 0 aliphatic carbocycles. The number of rotatable bonds is 20. The summed E-state index contributed by atoms with van der Waals surface area (Å²) < 4.78 is 17.9. The van der Waals surface area contributed by atoms with Crippen LogP contribution in [-0.4, -0.2) is 101 Å². The normalized spacial score (nSPS) is 15.8. The first-order valence-corrected chi connectivity index (χ1v) is 26.4. The van der Waals surface area contributed by atoms with Gasteiger partial charge in [0.05, 0.1) is 0 Å². The molecule has 0 saturated heterocycles. The molecule has 0 radical (unpaired) electrons. The summed E-state index contributed by atoms with van der Waals surface area (Å²) in [6.07, 6.45) is 0. The SMILES string of the molecule is CC(C)N(C(C)C)[PH](N(C(C)C)C(C)C)(N(C(C)C)C(C)C)[Ni]([Cl])[PH](N(C(C)C)C(C)C)(N(C(C)C)C(C)C)N(C(C)C)C(C)C. The standard InChI is InChI=1S/2C18H42N3P.ClH.Ni/c2*1-13(2)19(14(3)4)22(20(15(5)6)16(7)8)21(17(9)10)18(11)12;;/h2*13-18H,1-12H3;1H;/q;;;-1/p+1. The van der Waals surface area contributed by atoms with Gasteiger partial charge in [-0.2, -0.15) is 0 Å². The molecule has 0 aromatic rings. The van der Waals surface area contributed by atoms with Crippen molar-refractivity contribution in [3.05, 3.63) is 0 Å². The van der Waals surface area contributed by atoms with Crippen molar-refractivity contribution in [3.63, 3.8) is 0 Å². The molecule has 46 heavy (non-hydrogen) atoms. The van der Waals surface area contributed by atoms with E-state index in [1.807, 2.05) is 0 Å². The Morgan fingerprint density at radius 2 is 0.348 bits per heavy atom. The molecule has 6 nitrogen and oxygen atoms in total. The van der Waals surface area contributed by atoms with Crippen LogP contribution in [0.25, 0.3) is 0 Å². The fourth-order valence-corrected chi connectivity index (χ4v) is 47.7. The minimum atomic E-state index is -3.02. The topological polar surface area (TPSA) is 19.4 Å². The van der Waals surface area contributed by atoms with E-state index in [2.05, 4.69) is 194 Å². The predicted octanol–water partition coefficient (Wildman–Crippen LogP) is 11.3. The Labute approximate surface area is 300 Å². The van der Waals surface area contributed by atoms with E-state index in [4.69, 9.17) is 10.2 Å². The second-order valence-corrected chi connectivity index (χ2v) is 33.1. The molecule has 0 bridgehead atoms. The summed E-state index contributed by atoms with van der Waals surface area (Å²) in [7, 11) is 9.14. The van der Waals surface area contributed by atoms with Crippen LogP contribution in [0.5, 0.6) is 0 Å². The van der Waals surface area contributed by atoms with Crippen molar-refractivity contribution in [1.82, 2.24) is 28.0 Å². The number of halogens is 1. The third kappa shape index (κ3) is 9.44. The van der Waals surface area contributed by atoms with Gasteiger partial charge >= 0.3 is 302 Å². The maximum absolute atomic E-state index is 9.14. The van der Waals surface area contributed by atoms with Crippen LogP contribution >= 0.6 is 23.2 Å². The minimum absolute atomic E-state index is 0.334. The summed E-state index contributed by atoms with van der Waals surface area (Å²) in [6.45, 7) is 52.5. The quantitative estimate of drug-likeness (QED) is 0.0903. The van der Waals surface area contributed by atoms with E-state index in [0.29, 0.717) is 72.5 Å². The average molecular weight is 759 g/mol. The summed E-state index contributed by atoms with van der Waals surface area (Å²) in [5, 5.41) is 0. The van der Waals surface area contributed by atoms with Gasteiger partial charge in [0, 0.05) is 0 Å². The molecule has 0 spiro atoms. The fourth-order valence-electron chi connectivity index (χ4n) is 8.70. The molecule has 0 heterocycles. The molecule has 0 unspecified atom stereocenters. The summed E-state index contributed by atoms with van der Waals surface area (Å²) in [5.41, 5.74) is 0. The van der Waals surface area contributed by atoms with Gasteiger partial charge in [0.15, 0.2) is 0 Å². The van der Waals surface area contributed by atoms with Crippen molar-refractivity contribution >= 4 is 23.2 Å². The molecule has 0 saturated carbocycles. The van der Waals surface area contributed by atoms with Crippen LogP contribution in [0.4, 0.5) is 0 Å². The van der Waals surface area contributed by atoms with E-state index in [-0.39, 0.29) is 0 Å². The fraction of sp³-hybridized carbons (Fsp3) is 1.00. The van der Waals surface area contributed by atoms with Gasteiger partial charge in [0.25, 0.3) is 0 Å². The first kappa shape index (κ1) is 47.4. The molecule has 0 aliphatic rings. The van der Waals surface area contributed by atoms with Crippen LogP contribution in [0.15, 0.2) is 0 Å². The molecule has 0 fully saturated rings. The third-order valence-corrected chi connectivity index (χ3v) is 36.9. The van der Waals surface area contributed by atoms with E-state index in [1.54, 1.807) is 0 Å². The van der Waals surface area contributed by atoms with Gasteiger partial charge in [0.1, 0.15) is 0 Å². The Hall–Kier alpha value is 1.40. The Morgan fingerprint density at radius 3 is 0.413 bits per heavy atom. The first-order chi connectivity index (χ1) is 20.7. The van der Waals surface area contributed by atoms with Gasteiger partial charge in [-0.3, -0.25) is 0 Å². The molecule has 0 aromatic heterocycles. The van der Waals surface area contributed by atoms with Gasteiger partial charge in [-0.15, -0.1) is 0 Å². The van der Waals surface area contributed by atoms with Crippen molar-refractivity contribution in [3.8, 4) is 0 Å². The van der Waals surface area contributed by atoms with E-state index >= 15 is 0 Å². The van der Waals surface area contributed by atoms with Gasteiger partial charge in [-0.1, -0.05) is 0 Å². The number of hydrogen-bond donors (Lipinski definition) is 0. The second-order valence-electron chi connectivity index (χ2n) is 16.8. The van der Waals surface area contributed by atoms with Crippen molar-refractivity contribution in [2.24, 2.45) is 0 Å². The van der Waals surface area contributed by atoms with Crippen LogP contribution in [0, 0.1) is 0 Å². The molecular weight excluding hydrogens is 673 g/mol. The van der Waals surface area contributed by atoms with E-state index in [9.17, 15) is 0 Å². The van der Waals surface area contributed by atoms with Crippen LogP contribution < -0.4 is 0 Å². The monoisotopic (exact) mass is 758 g/mol. The molecule has 0 N–H and O–H groups in total. The van der Waals surface area contributed by atoms with E-state index in [1.165, 1.54) is 0 Å². The van der Waals surface area contributed by atoms with Crippen molar-refractivity contribution in [1.29, 1.82) is 0 Å². The second kappa shape index (κ2) is 19.3. The van der Waals surface area contributed by atoms with Crippen LogP contribution in [0.1, 0.15) is 166 Å². The molecule has 0 aromatic carbocycles. The van der Waals surface area contributed by atoms with Crippen LogP contribution in [0.2, 0.25) is 0 Å².